The quantitative estimate of drug-likeness (QED) is 0.324. The molecule has 0 fully saturated rings. The van der Waals surface area contributed by atoms with Crippen LogP contribution in [-0.2, 0) is 60.2 Å². The van der Waals surface area contributed by atoms with Gasteiger partial charge in [0.15, 0.2) is 0 Å². The maximum atomic E-state index is 8.55. The maximum Gasteiger partial charge on any atom is 5.00 e. The Bertz CT molecular complexity index is 61.9. The van der Waals surface area contributed by atoms with Gasteiger partial charge in [-0.1, -0.05) is 0 Å². The third kappa shape index (κ3) is 104. The molecule has 0 aromatic heterocycles. The van der Waals surface area contributed by atoms with Crippen LogP contribution in [0.25, 0.3) is 0 Å². The van der Waals surface area contributed by atoms with Gasteiger partial charge < -0.3 is 19.2 Å². The van der Waals surface area contributed by atoms with Crippen LogP contribution in [0, 0.1) is 0 Å². The van der Waals surface area contributed by atoms with Crippen LogP contribution in [0.15, 0.2) is 0 Å². The molecule has 32 valence electrons. The molecular weight excluding hydrogens is 271 g/mol. The number of hydrogen-bond acceptors (Lipinski definition) is 4. The molecule has 0 atom stereocenters. The van der Waals surface area contributed by atoms with Crippen LogP contribution in [0.3, 0.4) is 0 Å². The van der Waals surface area contributed by atoms with E-state index in [2.05, 4.69) is 0 Å². The number of rotatable bonds is 0. The van der Waals surface area contributed by atoms with Crippen molar-refractivity contribution < 1.29 is 104 Å². The van der Waals surface area contributed by atoms with Gasteiger partial charge in [-0.05, 0) is 0 Å². The first-order valence-electron chi connectivity index (χ1n) is 0.730. The summed E-state index contributed by atoms with van der Waals surface area (Å²) in [5, 5.41) is 0. The molecule has 0 rings (SSSR count). The van der Waals surface area contributed by atoms with E-state index in [0.29, 0.717) is 0 Å². The van der Waals surface area contributed by atoms with Crippen LogP contribution in [-0.4, -0.2) is 0 Å². The molecule has 0 spiro atoms. The summed E-state index contributed by atoms with van der Waals surface area (Å²) >= 11 is 0. The molecule has 0 radical (unpaired) electrons. The molecular formula is NaO4PV3+13. The Hall–Kier alpha value is 2.86. The normalized spacial score (nSPS) is 6.56. The van der Waals surface area contributed by atoms with E-state index >= 15 is 0 Å². The second kappa shape index (κ2) is 13.5. The van der Waals surface area contributed by atoms with Gasteiger partial charge in [0.25, 0.3) is 0 Å². The van der Waals surface area contributed by atoms with Crippen molar-refractivity contribution in [3.63, 3.8) is 0 Å². The minimum Gasteiger partial charge on any atom is -0.822 e. The minimum atomic E-state index is -5.39. The van der Waals surface area contributed by atoms with Crippen molar-refractivity contribution in [1.82, 2.24) is 0 Å². The first-order valence-corrected chi connectivity index (χ1v) is 2.19. The summed E-state index contributed by atoms with van der Waals surface area (Å²) in [6.07, 6.45) is 0. The first kappa shape index (κ1) is 29.7. The zero-order valence-corrected chi connectivity index (χ0v) is 11.5. The zero-order valence-electron chi connectivity index (χ0n) is 4.42. The maximum absolute atomic E-state index is 8.55. The predicted octanol–water partition coefficient (Wildman–Crippen LogP) is -5.83. The van der Waals surface area contributed by atoms with Gasteiger partial charge in [-0.25, -0.2) is 0 Å². The van der Waals surface area contributed by atoms with E-state index in [4.69, 9.17) is 19.2 Å². The predicted molar refractivity (Wildman–Crippen MR) is 7.61 cm³/mol. The molecule has 0 aromatic rings. The van der Waals surface area contributed by atoms with Crippen LogP contribution >= 0.6 is 7.82 Å². The summed E-state index contributed by atoms with van der Waals surface area (Å²) in [7, 11) is -5.39. The van der Waals surface area contributed by atoms with Gasteiger partial charge in [-0.3, -0.25) is 0 Å². The molecule has 0 N–H and O–H groups in total. The summed E-state index contributed by atoms with van der Waals surface area (Å²) < 4.78 is 8.55. The Balaban J connectivity index is -0.0000000133. The van der Waals surface area contributed by atoms with Gasteiger partial charge in [0.05, 0.1) is 0 Å². The fourth-order valence-corrected chi connectivity index (χ4v) is 0. The number of hydrogen-bond donors (Lipinski definition) is 0. The second-order valence-corrected chi connectivity index (χ2v) is 1.34. The van der Waals surface area contributed by atoms with E-state index in [1.165, 1.54) is 0 Å². The molecule has 9 heavy (non-hydrogen) atoms. The summed E-state index contributed by atoms with van der Waals surface area (Å²) in [5.74, 6) is 0. The van der Waals surface area contributed by atoms with Gasteiger partial charge in [-0.2, -0.15) is 7.82 Å². The Labute approximate surface area is 111 Å². The molecule has 0 saturated heterocycles. The SMILES string of the molecule is O=P([O-])([O-])[O-].[Na+].[V+5].[V+5].[V+5]. The Morgan fingerprint density at radius 2 is 0.889 bits per heavy atom. The fraction of sp³-hybridized carbons (Fsp3) is 0. The van der Waals surface area contributed by atoms with Gasteiger partial charge in [0.1, 0.15) is 0 Å². The van der Waals surface area contributed by atoms with E-state index in [0.717, 1.165) is 0 Å². The van der Waals surface area contributed by atoms with Gasteiger partial charge in [-0.15, -0.1) is 0 Å². The van der Waals surface area contributed by atoms with E-state index in [1.807, 2.05) is 0 Å². The molecule has 0 saturated carbocycles. The van der Waals surface area contributed by atoms with E-state index in [9.17, 15) is 0 Å². The van der Waals surface area contributed by atoms with Crippen LogP contribution < -0.4 is 44.2 Å². The molecule has 9 heteroatoms. The average Bonchev–Trinajstić information content (AvgIpc) is 0.722. The summed E-state index contributed by atoms with van der Waals surface area (Å²) in [5.41, 5.74) is 0. The largest absolute Gasteiger partial charge is 5.00 e. The topological polar surface area (TPSA) is 86.2 Å². The van der Waals surface area contributed by atoms with Crippen molar-refractivity contribution in [2.45, 2.75) is 0 Å². The molecule has 0 aliphatic heterocycles. The Morgan fingerprint density at radius 3 is 0.889 bits per heavy atom. The monoisotopic (exact) mass is 271 g/mol. The van der Waals surface area contributed by atoms with Crippen molar-refractivity contribution in [3.8, 4) is 0 Å². The van der Waals surface area contributed by atoms with Crippen LogP contribution in [0.1, 0.15) is 0 Å². The van der Waals surface area contributed by atoms with Gasteiger partial charge in [0, 0.05) is 0 Å². The van der Waals surface area contributed by atoms with Gasteiger partial charge in [0.2, 0.25) is 0 Å². The fourth-order valence-electron chi connectivity index (χ4n) is 0. The van der Waals surface area contributed by atoms with Crippen LogP contribution in [0.5, 0.6) is 0 Å². The standard InChI is InChI=1S/Na.H3O4P.3V/c;1-5(2,3)4;;;/h;(H3,1,2,3,4);;;/q+1;;3*+5/p-3. The third-order valence-corrected chi connectivity index (χ3v) is 0. The third-order valence-electron chi connectivity index (χ3n) is 0. The first-order chi connectivity index (χ1) is 2.00. The summed E-state index contributed by atoms with van der Waals surface area (Å²) in [4.78, 5) is 25.6. The molecule has 0 unspecified atom stereocenters. The second-order valence-electron chi connectivity index (χ2n) is 0.447. The Morgan fingerprint density at radius 1 is 0.889 bits per heavy atom. The molecule has 0 bridgehead atoms. The molecule has 4 nitrogen and oxygen atoms in total. The van der Waals surface area contributed by atoms with Crippen LogP contribution in [0.4, 0.5) is 0 Å². The van der Waals surface area contributed by atoms with Crippen molar-refractivity contribution in [2.24, 2.45) is 0 Å². The van der Waals surface area contributed by atoms with Crippen molar-refractivity contribution in [1.29, 1.82) is 0 Å². The Kier molecular flexibility index (Phi) is 44.4. The number of phosphoric acid groups is 1. The summed E-state index contributed by atoms with van der Waals surface area (Å²) in [6, 6.07) is 0. The molecule has 0 aliphatic carbocycles. The molecule has 0 aromatic carbocycles. The van der Waals surface area contributed by atoms with Gasteiger partial charge >= 0.3 is 85.2 Å². The summed E-state index contributed by atoms with van der Waals surface area (Å²) in [6.45, 7) is 0. The molecule has 0 heterocycles. The van der Waals surface area contributed by atoms with E-state index in [-0.39, 0.29) is 85.2 Å². The van der Waals surface area contributed by atoms with Crippen LogP contribution in [0.2, 0.25) is 0 Å². The van der Waals surface area contributed by atoms with E-state index < -0.39 is 7.82 Å². The smallest absolute Gasteiger partial charge is 0.822 e. The van der Waals surface area contributed by atoms with Crippen molar-refractivity contribution >= 4 is 7.82 Å². The van der Waals surface area contributed by atoms with E-state index in [1.54, 1.807) is 0 Å². The molecule has 0 aliphatic rings. The zero-order chi connectivity index (χ0) is 4.50. The van der Waals surface area contributed by atoms with Crippen molar-refractivity contribution in [2.75, 3.05) is 0 Å². The van der Waals surface area contributed by atoms with Crippen molar-refractivity contribution in [3.05, 3.63) is 0 Å². The molecule has 0 amide bonds. The minimum absolute atomic E-state index is 0. The average molecular weight is 271 g/mol.